The minimum absolute atomic E-state index is 0.00827. The molecule has 0 bridgehead atoms. The highest BCUT2D eigenvalue weighted by atomic mass is 32.2. The van der Waals surface area contributed by atoms with Gasteiger partial charge in [0.05, 0.1) is 11.3 Å². The van der Waals surface area contributed by atoms with Crippen molar-refractivity contribution in [3.63, 3.8) is 0 Å². The second kappa shape index (κ2) is 6.54. The molecule has 0 spiro atoms. The molecular weight excluding hydrogens is 348 g/mol. The summed E-state index contributed by atoms with van der Waals surface area (Å²) in [4.78, 5) is 15.2. The zero-order chi connectivity index (χ0) is 17.3. The van der Waals surface area contributed by atoms with Crippen molar-refractivity contribution < 1.29 is 26.9 Å². The van der Waals surface area contributed by atoms with Gasteiger partial charge < -0.3 is 4.52 Å². The Kier molecular flexibility index (Phi) is 4.62. The molecule has 4 nitrogen and oxygen atoms in total. The number of carbonyl (C=O) groups is 1. The summed E-state index contributed by atoms with van der Waals surface area (Å²) < 4.78 is 55.5. The van der Waals surface area contributed by atoms with Crippen molar-refractivity contribution in [2.24, 2.45) is 5.92 Å². The van der Waals surface area contributed by atoms with Crippen LogP contribution in [0.15, 0.2) is 22.7 Å². The van der Waals surface area contributed by atoms with Crippen LogP contribution in [0.2, 0.25) is 0 Å². The normalized spacial score (nSPS) is 14.8. The summed E-state index contributed by atoms with van der Waals surface area (Å²) in [7, 11) is 0. The number of halogens is 4. The molecule has 0 aliphatic heterocycles. The van der Waals surface area contributed by atoms with Gasteiger partial charge in [-0.3, -0.25) is 4.79 Å². The Labute approximate surface area is 138 Å². The predicted molar refractivity (Wildman–Crippen MR) is 79.1 cm³/mol. The van der Waals surface area contributed by atoms with Gasteiger partial charge in [-0.1, -0.05) is 11.2 Å². The smallest absolute Gasteiger partial charge is 0.329 e. The molecule has 0 saturated heterocycles. The van der Waals surface area contributed by atoms with Gasteiger partial charge in [-0.25, -0.2) is 4.39 Å². The van der Waals surface area contributed by atoms with Crippen LogP contribution in [0.1, 0.15) is 29.1 Å². The first kappa shape index (κ1) is 16.9. The molecule has 3 rings (SSSR count). The third-order valence-electron chi connectivity index (χ3n) is 3.48. The number of benzene rings is 1. The molecule has 1 aromatic carbocycles. The lowest BCUT2D eigenvalue weighted by molar-refractivity contribution is -0.159. The van der Waals surface area contributed by atoms with Gasteiger partial charge in [0.1, 0.15) is 5.82 Å². The minimum Gasteiger partial charge on any atom is -0.329 e. The quantitative estimate of drug-likeness (QED) is 0.570. The molecule has 9 heteroatoms. The Morgan fingerprint density at radius 1 is 1.33 bits per heavy atom. The lowest BCUT2D eigenvalue weighted by atomic mass is 10.1. The summed E-state index contributed by atoms with van der Waals surface area (Å²) in [6.45, 7) is 0. The molecule has 1 saturated carbocycles. The lowest BCUT2D eigenvalue weighted by Crippen LogP contribution is -2.06. The SMILES string of the molecule is O=C(CSCC1CC1)c1ccc(-c2noc(C(F)(F)F)n2)cc1F. The Bertz CT molecular complexity index is 756. The number of hydrogen-bond acceptors (Lipinski definition) is 5. The van der Waals surface area contributed by atoms with E-state index in [4.69, 9.17) is 0 Å². The maximum absolute atomic E-state index is 14.1. The number of alkyl halides is 3. The van der Waals surface area contributed by atoms with E-state index in [-0.39, 0.29) is 28.5 Å². The Balaban J connectivity index is 1.71. The molecule has 128 valence electrons. The van der Waals surface area contributed by atoms with Gasteiger partial charge in [-0.05, 0) is 36.6 Å². The van der Waals surface area contributed by atoms with E-state index in [1.54, 1.807) is 0 Å². The van der Waals surface area contributed by atoms with E-state index in [9.17, 15) is 22.4 Å². The highest BCUT2D eigenvalue weighted by Crippen LogP contribution is 2.33. The number of nitrogens with zero attached hydrogens (tertiary/aromatic N) is 2. The van der Waals surface area contributed by atoms with Crippen molar-refractivity contribution in [1.82, 2.24) is 10.1 Å². The van der Waals surface area contributed by atoms with Gasteiger partial charge in [0.25, 0.3) is 0 Å². The molecule has 0 N–H and O–H groups in total. The van der Waals surface area contributed by atoms with E-state index in [0.29, 0.717) is 5.92 Å². The third kappa shape index (κ3) is 3.95. The topological polar surface area (TPSA) is 56.0 Å². The third-order valence-corrected chi connectivity index (χ3v) is 4.65. The highest BCUT2D eigenvalue weighted by Gasteiger charge is 2.38. The highest BCUT2D eigenvalue weighted by molar-refractivity contribution is 8.00. The second-order valence-corrected chi connectivity index (χ2v) is 6.53. The van der Waals surface area contributed by atoms with Gasteiger partial charge >= 0.3 is 12.1 Å². The van der Waals surface area contributed by atoms with Crippen LogP contribution < -0.4 is 0 Å². The van der Waals surface area contributed by atoms with Crippen molar-refractivity contribution in [2.75, 3.05) is 11.5 Å². The molecule has 0 atom stereocenters. The summed E-state index contributed by atoms with van der Waals surface area (Å²) in [5, 5.41) is 3.18. The molecule has 0 radical (unpaired) electrons. The van der Waals surface area contributed by atoms with E-state index >= 15 is 0 Å². The molecular formula is C15H12F4N2O2S. The average molecular weight is 360 g/mol. The monoisotopic (exact) mass is 360 g/mol. The number of carbonyl (C=O) groups excluding carboxylic acids is 1. The zero-order valence-corrected chi connectivity index (χ0v) is 13.1. The van der Waals surface area contributed by atoms with Crippen molar-refractivity contribution >= 4 is 17.5 Å². The van der Waals surface area contributed by atoms with E-state index in [2.05, 4.69) is 14.7 Å². The average Bonchev–Trinajstić information content (AvgIpc) is 3.18. The van der Waals surface area contributed by atoms with Crippen LogP contribution in [-0.4, -0.2) is 27.4 Å². The van der Waals surface area contributed by atoms with Gasteiger partial charge in [0.15, 0.2) is 5.78 Å². The van der Waals surface area contributed by atoms with Crippen LogP contribution in [0.5, 0.6) is 0 Å². The first-order chi connectivity index (χ1) is 11.3. The van der Waals surface area contributed by atoms with Crippen LogP contribution >= 0.6 is 11.8 Å². The molecule has 0 unspecified atom stereocenters. The zero-order valence-electron chi connectivity index (χ0n) is 12.3. The first-order valence-corrected chi connectivity index (χ1v) is 8.32. The maximum Gasteiger partial charge on any atom is 0.471 e. The van der Waals surface area contributed by atoms with Gasteiger partial charge in [-0.15, -0.1) is 0 Å². The van der Waals surface area contributed by atoms with E-state index in [0.717, 1.165) is 11.8 Å². The molecule has 1 fully saturated rings. The Morgan fingerprint density at radius 2 is 2.08 bits per heavy atom. The summed E-state index contributed by atoms with van der Waals surface area (Å²) >= 11 is 1.46. The van der Waals surface area contributed by atoms with E-state index in [1.165, 1.54) is 36.7 Å². The molecule has 1 aliphatic rings. The van der Waals surface area contributed by atoms with Crippen molar-refractivity contribution in [1.29, 1.82) is 0 Å². The number of hydrogen-bond donors (Lipinski definition) is 0. The molecule has 2 aromatic rings. The second-order valence-electron chi connectivity index (χ2n) is 5.50. The number of ketones is 1. The van der Waals surface area contributed by atoms with Gasteiger partial charge in [0.2, 0.25) is 5.82 Å². The predicted octanol–water partition coefficient (Wildman–Crippen LogP) is 4.22. The van der Waals surface area contributed by atoms with Crippen LogP contribution in [-0.2, 0) is 6.18 Å². The number of Topliss-reactive ketones (excluding diaryl/α,β-unsaturated/α-hetero) is 1. The van der Waals surface area contributed by atoms with Crippen LogP contribution in [0.25, 0.3) is 11.4 Å². The molecule has 1 aromatic heterocycles. The van der Waals surface area contributed by atoms with Crippen molar-refractivity contribution in [3.8, 4) is 11.4 Å². The van der Waals surface area contributed by atoms with E-state index in [1.807, 2.05) is 0 Å². The fourth-order valence-corrected chi connectivity index (χ4v) is 3.14. The molecule has 24 heavy (non-hydrogen) atoms. The Hall–Kier alpha value is -1.90. The fraction of sp³-hybridized carbons (Fsp3) is 0.400. The summed E-state index contributed by atoms with van der Waals surface area (Å²) in [6.07, 6.45) is -2.41. The van der Waals surface area contributed by atoms with Crippen molar-refractivity contribution in [3.05, 3.63) is 35.5 Å². The van der Waals surface area contributed by atoms with Gasteiger partial charge in [0, 0.05) is 5.56 Å². The molecule has 0 amide bonds. The first-order valence-electron chi connectivity index (χ1n) is 7.16. The number of thioether (sulfide) groups is 1. The van der Waals surface area contributed by atoms with Crippen LogP contribution in [0.4, 0.5) is 17.6 Å². The summed E-state index contributed by atoms with van der Waals surface area (Å²) in [6, 6.07) is 3.46. The number of aromatic nitrogens is 2. The summed E-state index contributed by atoms with van der Waals surface area (Å²) in [5.41, 5.74) is -0.0875. The van der Waals surface area contributed by atoms with E-state index < -0.39 is 17.9 Å². The molecule has 1 heterocycles. The van der Waals surface area contributed by atoms with Gasteiger partial charge in [-0.2, -0.15) is 29.9 Å². The largest absolute Gasteiger partial charge is 0.471 e. The number of rotatable bonds is 6. The van der Waals surface area contributed by atoms with Crippen LogP contribution in [0, 0.1) is 11.7 Å². The van der Waals surface area contributed by atoms with Crippen LogP contribution in [0.3, 0.4) is 0 Å². The fourth-order valence-electron chi connectivity index (χ4n) is 2.02. The lowest BCUT2D eigenvalue weighted by Gasteiger charge is -2.04. The minimum atomic E-state index is -4.77. The summed E-state index contributed by atoms with van der Waals surface area (Å²) in [5.74, 6) is -1.34. The maximum atomic E-state index is 14.1. The van der Waals surface area contributed by atoms with Crippen molar-refractivity contribution in [2.45, 2.75) is 19.0 Å². The molecule has 1 aliphatic carbocycles. The standard InChI is InChI=1S/C15H12F4N2O2S/c16-11-5-9(13-20-14(23-21-13)15(17,18)19)3-4-10(11)12(22)7-24-6-8-1-2-8/h3-5,8H,1-2,6-7H2. The Morgan fingerprint density at radius 3 is 2.67 bits per heavy atom.